The number of anilines is 1. The molecular weight excluding hydrogens is 326 g/mol. The van der Waals surface area contributed by atoms with E-state index in [1.807, 2.05) is 30.3 Å². The van der Waals surface area contributed by atoms with Crippen molar-refractivity contribution in [1.82, 2.24) is 10.2 Å². The number of nitrogens with zero attached hydrogens (tertiary/aromatic N) is 1. The lowest BCUT2D eigenvalue weighted by atomic mass is 10.1. The topological polar surface area (TPSA) is 53.6 Å². The summed E-state index contributed by atoms with van der Waals surface area (Å²) >= 11 is 0. The van der Waals surface area contributed by atoms with Crippen molar-refractivity contribution in [3.63, 3.8) is 0 Å². The van der Waals surface area contributed by atoms with E-state index in [1.165, 1.54) is 11.1 Å². The molecular formula is C21H27N3O2. The number of amides is 2. The molecule has 0 unspecified atom stereocenters. The minimum absolute atomic E-state index is 0.171. The summed E-state index contributed by atoms with van der Waals surface area (Å²) in [5.74, 6) is 0. The fraction of sp³-hybridized carbons (Fsp3) is 0.381. The van der Waals surface area contributed by atoms with Crippen LogP contribution in [-0.2, 0) is 11.2 Å². The molecule has 26 heavy (non-hydrogen) atoms. The number of rotatable bonds is 6. The highest BCUT2D eigenvalue weighted by atomic mass is 16.5. The zero-order chi connectivity index (χ0) is 18.2. The predicted octanol–water partition coefficient (Wildman–Crippen LogP) is 3.44. The number of urea groups is 1. The summed E-state index contributed by atoms with van der Waals surface area (Å²) < 4.78 is 5.41. The molecule has 2 N–H and O–H groups in total. The monoisotopic (exact) mass is 353 g/mol. The smallest absolute Gasteiger partial charge is 0.319 e. The molecule has 0 spiro atoms. The van der Waals surface area contributed by atoms with Crippen molar-refractivity contribution in [1.29, 1.82) is 0 Å². The lowest BCUT2D eigenvalue weighted by Crippen LogP contribution is -2.38. The summed E-state index contributed by atoms with van der Waals surface area (Å²) in [4.78, 5) is 14.4. The van der Waals surface area contributed by atoms with E-state index in [2.05, 4.69) is 46.7 Å². The molecule has 1 fully saturated rings. The van der Waals surface area contributed by atoms with Crippen LogP contribution in [0.4, 0.5) is 10.5 Å². The molecule has 5 nitrogen and oxygen atoms in total. The van der Waals surface area contributed by atoms with Crippen molar-refractivity contribution in [3.05, 3.63) is 65.7 Å². The van der Waals surface area contributed by atoms with Crippen LogP contribution in [-0.4, -0.2) is 43.8 Å². The Hall–Kier alpha value is -2.37. The Balaban J connectivity index is 1.45. The third-order valence-corrected chi connectivity index (χ3v) is 4.79. The minimum Gasteiger partial charge on any atom is -0.379 e. The summed E-state index contributed by atoms with van der Waals surface area (Å²) in [6.07, 6.45) is 0.824. The van der Waals surface area contributed by atoms with Crippen molar-refractivity contribution in [2.45, 2.75) is 19.4 Å². The van der Waals surface area contributed by atoms with Gasteiger partial charge in [-0.25, -0.2) is 4.79 Å². The summed E-state index contributed by atoms with van der Waals surface area (Å²) in [6, 6.07) is 18.4. The Labute approximate surface area is 155 Å². The van der Waals surface area contributed by atoms with Crippen molar-refractivity contribution in [3.8, 4) is 0 Å². The number of nitrogens with one attached hydrogen (secondary N) is 2. The summed E-state index contributed by atoms with van der Waals surface area (Å²) in [6.45, 7) is 6.35. The largest absolute Gasteiger partial charge is 0.379 e. The summed E-state index contributed by atoms with van der Waals surface area (Å²) in [5, 5.41) is 5.79. The van der Waals surface area contributed by atoms with Crippen LogP contribution in [0, 0.1) is 0 Å². The molecule has 2 aromatic carbocycles. The average molecular weight is 353 g/mol. The Bertz CT molecular complexity index is 682. The van der Waals surface area contributed by atoms with Gasteiger partial charge in [-0.2, -0.15) is 0 Å². The SMILES string of the molecule is C[C@H](c1ccc(NC(=O)NCCc2ccccc2)cc1)N1CCOCC1. The van der Waals surface area contributed by atoms with Gasteiger partial charge in [0.05, 0.1) is 13.2 Å². The second kappa shape index (κ2) is 9.36. The maximum atomic E-state index is 12.0. The molecule has 0 radical (unpaired) electrons. The van der Waals surface area contributed by atoms with Crippen LogP contribution >= 0.6 is 0 Å². The van der Waals surface area contributed by atoms with Crippen LogP contribution in [0.5, 0.6) is 0 Å². The molecule has 5 heteroatoms. The molecule has 0 saturated carbocycles. The fourth-order valence-corrected chi connectivity index (χ4v) is 3.16. The number of carbonyl (C=O) groups is 1. The molecule has 2 aromatic rings. The van der Waals surface area contributed by atoms with Crippen molar-refractivity contribution >= 4 is 11.7 Å². The first-order chi connectivity index (χ1) is 12.7. The first-order valence-corrected chi connectivity index (χ1v) is 9.23. The first kappa shape index (κ1) is 18.4. The van der Waals surface area contributed by atoms with Crippen LogP contribution in [0.3, 0.4) is 0 Å². The van der Waals surface area contributed by atoms with E-state index in [0.717, 1.165) is 38.4 Å². The van der Waals surface area contributed by atoms with Crippen LogP contribution in [0.25, 0.3) is 0 Å². The Kier molecular flexibility index (Phi) is 6.63. The van der Waals surface area contributed by atoms with Gasteiger partial charge in [-0.15, -0.1) is 0 Å². The molecule has 1 aliphatic heterocycles. The van der Waals surface area contributed by atoms with Crippen molar-refractivity contribution in [2.75, 3.05) is 38.2 Å². The van der Waals surface area contributed by atoms with Gasteiger partial charge in [0.2, 0.25) is 0 Å². The zero-order valence-corrected chi connectivity index (χ0v) is 15.3. The van der Waals surface area contributed by atoms with Gasteiger partial charge in [0.25, 0.3) is 0 Å². The van der Waals surface area contributed by atoms with E-state index in [1.54, 1.807) is 0 Å². The molecule has 0 aliphatic carbocycles. The number of benzene rings is 2. The Morgan fingerprint density at radius 3 is 2.46 bits per heavy atom. The number of carbonyl (C=O) groups excluding carboxylic acids is 1. The highest BCUT2D eigenvalue weighted by molar-refractivity contribution is 5.89. The molecule has 1 aliphatic rings. The van der Waals surface area contributed by atoms with Gasteiger partial charge in [-0.3, -0.25) is 4.90 Å². The Morgan fingerprint density at radius 1 is 1.08 bits per heavy atom. The number of morpholine rings is 1. The molecule has 138 valence electrons. The highest BCUT2D eigenvalue weighted by Crippen LogP contribution is 2.22. The lowest BCUT2D eigenvalue weighted by molar-refractivity contribution is 0.0198. The van der Waals surface area contributed by atoms with E-state index in [4.69, 9.17) is 4.74 Å². The number of hydrogen-bond acceptors (Lipinski definition) is 3. The summed E-state index contributed by atoms with van der Waals surface area (Å²) in [7, 11) is 0. The molecule has 1 saturated heterocycles. The third-order valence-electron chi connectivity index (χ3n) is 4.79. The van der Waals surface area contributed by atoms with Gasteiger partial charge >= 0.3 is 6.03 Å². The van der Waals surface area contributed by atoms with E-state index < -0.39 is 0 Å². The second-order valence-corrected chi connectivity index (χ2v) is 6.56. The second-order valence-electron chi connectivity index (χ2n) is 6.56. The van der Waals surface area contributed by atoms with Crippen LogP contribution in [0.2, 0.25) is 0 Å². The zero-order valence-electron chi connectivity index (χ0n) is 15.3. The maximum absolute atomic E-state index is 12.0. The van der Waals surface area contributed by atoms with Gasteiger partial charge in [0, 0.05) is 31.4 Å². The molecule has 1 heterocycles. The molecule has 0 bridgehead atoms. The van der Waals surface area contributed by atoms with Gasteiger partial charge in [0.1, 0.15) is 0 Å². The third kappa shape index (κ3) is 5.31. The standard InChI is InChI=1S/C21H27N3O2/c1-17(24-13-15-26-16-14-24)19-7-9-20(10-8-19)23-21(25)22-12-11-18-5-3-2-4-6-18/h2-10,17H,11-16H2,1H3,(H2,22,23,25)/t17-/m1/s1. The molecule has 0 aromatic heterocycles. The van der Waals surface area contributed by atoms with Gasteiger partial charge < -0.3 is 15.4 Å². The lowest BCUT2D eigenvalue weighted by Gasteiger charge is -2.32. The molecule has 3 rings (SSSR count). The molecule has 2 amide bonds. The van der Waals surface area contributed by atoms with E-state index in [9.17, 15) is 4.79 Å². The maximum Gasteiger partial charge on any atom is 0.319 e. The van der Waals surface area contributed by atoms with Gasteiger partial charge in [-0.1, -0.05) is 42.5 Å². The number of ether oxygens (including phenoxy) is 1. The van der Waals surface area contributed by atoms with Gasteiger partial charge in [0.15, 0.2) is 0 Å². The Morgan fingerprint density at radius 2 is 1.77 bits per heavy atom. The quantitative estimate of drug-likeness (QED) is 0.836. The van der Waals surface area contributed by atoms with Gasteiger partial charge in [-0.05, 0) is 36.6 Å². The first-order valence-electron chi connectivity index (χ1n) is 9.23. The molecule has 1 atom stereocenters. The van der Waals surface area contributed by atoms with Crippen LogP contribution < -0.4 is 10.6 Å². The van der Waals surface area contributed by atoms with Crippen LogP contribution in [0.15, 0.2) is 54.6 Å². The van der Waals surface area contributed by atoms with E-state index >= 15 is 0 Å². The minimum atomic E-state index is -0.171. The van der Waals surface area contributed by atoms with Crippen molar-refractivity contribution < 1.29 is 9.53 Å². The summed E-state index contributed by atoms with van der Waals surface area (Å²) in [5.41, 5.74) is 3.27. The predicted molar refractivity (Wildman–Crippen MR) is 104 cm³/mol. The number of hydrogen-bond donors (Lipinski definition) is 2. The van der Waals surface area contributed by atoms with Crippen LogP contribution in [0.1, 0.15) is 24.1 Å². The highest BCUT2D eigenvalue weighted by Gasteiger charge is 2.18. The fourth-order valence-electron chi connectivity index (χ4n) is 3.16. The normalized spacial score (nSPS) is 16.0. The average Bonchev–Trinajstić information content (AvgIpc) is 2.69. The van der Waals surface area contributed by atoms with E-state index in [-0.39, 0.29) is 6.03 Å². The van der Waals surface area contributed by atoms with E-state index in [0.29, 0.717) is 12.6 Å². The van der Waals surface area contributed by atoms with Crippen molar-refractivity contribution in [2.24, 2.45) is 0 Å².